The fourth-order valence-corrected chi connectivity index (χ4v) is 13.7. The van der Waals surface area contributed by atoms with Crippen LogP contribution in [0.2, 0.25) is 0 Å². The van der Waals surface area contributed by atoms with Crippen molar-refractivity contribution in [1.82, 2.24) is 31.9 Å². The fraction of sp³-hybridized carbons (Fsp3) is 0.476. The van der Waals surface area contributed by atoms with Gasteiger partial charge in [-0.25, -0.2) is 24.0 Å². The molecular weight excluding hydrogens is 1800 g/mol. The number of methoxy groups -OCH3 is 4. The Balaban J connectivity index is 0.000000461. The lowest BCUT2D eigenvalue weighted by molar-refractivity contribution is -0.146. The van der Waals surface area contributed by atoms with Crippen LogP contribution in [0.3, 0.4) is 0 Å². The number of ether oxygens (including phenoxy) is 8. The van der Waals surface area contributed by atoms with Crippen molar-refractivity contribution in [2.75, 3.05) is 74.8 Å². The van der Waals surface area contributed by atoms with E-state index in [1.165, 1.54) is 34.8 Å². The molecular formula is C105H149ClN12O21. The molecule has 0 unspecified atom stereocenters. The maximum Gasteiger partial charge on any atom is 0.407 e. The van der Waals surface area contributed by atoms with Crippen LogP contribution in [0.1, 0.15) is 161 Å². The van der Waals surface area contributed by atoms with Crippen molar-refractivity contribution < 1.29 is 101 Å². The number of amides is 5. The van der Waals surface area contributed by atoms with Crippen LogP contribution in [-0.4, -0.2) is 228 Å². The largest absolute Gasteiger partial charge is 0.480 e. The molecule has 5 amide bonds. The Hall–Kier alpha value is -12.3. The average molecular weight is 1950 g/mol. The standard InChI is InChI=1S/C30H50N6O6.C24H21NO4.C23H36N2O5.C17H26N2O4.C10H13NO2.CH3Cl/c1-19(2)25(36-27(39)22(31)14-11-15-34-29(32)33-6)24(37)17-21(18-42-30(3,4)5)26(38)35-23(28(40)41-7)16-20-12-9-8-10-13-20;26-23(27)22(14-16-8-2-1-3-9-16)25-24(28)29-15-21-19-12-6-4-10-17(19)18-11-5-7-13-20(18)21;1-15(2)20(24)19(26)13-17(14-30-23(3,4)5)21(27)25-18(22(28)29-6)12-16-10-8-7-9-11-16;1-17(2,3)23-11-13(18)15(20)19-14(16(21)22-4)10-12-8-6-5-7-9-12;1-13-10(12)9(11)7-8-5-3-2-4-6-8;1-2/h8-10,12-13,19,21-23,25H,11,14-18,31H2,1-7H3,(H,35,38)(H,36,39)(H3,32,33,34);1-13,21-22H,14-15H2,(H,25,28)(H,26,27);7-11,15,17-18,20H,12-14,24H2,1-6H3,(H,25,27);5-9,13-14H,10-11,18H2,1-4H3,(H,19,20);2-6,9H,7,11H2,1H3;1H3/t21-,22-,23-,25-;22-;17-,18-,20-;13-,14-;9-;/m00000./s1. The molecule has 7 aromatic carbocycles. The average Bonchev–Trinajstić information content (AvgIpc) is 1.61. The Morgan fingerprint density at radius 3 is 1.08 bits per heavy atom. The van der Waals surface area contributed by atoms with Crippen molar-refractivity contribution in [3.63, 3.8) is 0 Å². The molecule has 7 aromatic rings. The van der Waals surface area contributed by atoms with E-state index in [0.29, 0.717) is 38.2 Å². The van der Waals surface area contributed by atoms with Gasteiger partial charge in [0.25, 0.3) is 0 Å². The van der Waals surface area contributed by atoms with E-state index in [1.807, 2.05) is 264 Å². The quantitative estimate of drug-likeness (QED) is 0.00422. The first-order valence-corrected chi connectivity index (χ1v) is 46.9. The topological polar surface area (TPSA) is 514 Å². The van der Waals surface area contributed by atoms with Gasteiger partial charge in [0.1, 0.15) is 42.9 Å². The van der Waals surface area contributed by atoms with Gasteiger partial charge in [0.2, 0.25) is 23.6 Å². The number of nitrogens with two attached hydrogens (primary N) is 5. The number of carbonyl (C=O) groups is 12. The first kappa shape index (κ1) is 121. The van der Waals surface area contributed by atoms with E-state index < -0.39 is 131 Å². The third-order valence-corrected chi connectivity index (χ3v) is 21.4. The van der Waals surface area contributed by atoms with E-state index in [1.54, 1.807) is 20.9 Å². The number of rotatable bonds is 44. The Labute approximate surface area is 824 Å². The maximum absolute atomic E-state index is 13.5. The second-order valence-electron chi connectivity index (χ2n) is 36.6. The summed E-state index contributed by atoms with van der Waals surface area (Å²) in [6.45, 7) is 24.8. The summed E-state index contributed by atoms with van der Waals surface area (Å²) in [6, 6.07) is 55.5. The smallest absolute Gasteiger partial charge is 0.407 e. The van der Waals surface area contributed by atoms with Crippen LogP contribution >= 0.6 is 11.6 Å². The van der Waals surface area contributed by atoms with Crippen LogP contribution in [0.15, 0.2) is 205 Å². The van der Waals surface area contributed by atoms with E-state index in [4.69, 9.17) is 61.8 Å². The number of guanidine groups is 1. The lowest BCUT2D eigenvalue weighted by Gasteiger charge is -2.28. The van der Waals surface area contributed by atoms with Crippen LogP contribution in [0.25, 0.3) is 11.1 Å². The van der Waals surface area contributed by atoms with Gasteiger partial charge in [0.15, 0.2) is 17.5 Å². The van der Waals surface area contributed by atoms with Gasteiger partial charge in [0.05, 0.1) is 95.0 Å². The molecule has 1 aliphatic rings. The first-order chi connectivity index (χ1) is 65.7. The molecule has 0 spiro atoms. The predicted octanol–water partition coefficient (Wildman–Crippen LogP) is 10.2. The van der Waals surface area contributed by atoms with Crippen molar-refractivity contribution in [3.05, 3.63) is 239 Å². The van der Waals surface area contributed by atoms with Crippen LogP contribution in [-0.2, 0) is 123 Å². The van der Waals surface area contributed by atoms with Gasteiger partial charge in [-0.3, -0.25) is 38.6 Å². The molecule has 1 aliphatic carbocycles. The predicted molar refractivity (Wildman–Crippen MR) is 538 cm³/mol. The van der Waals surface area contributed by atoms with E-state index in [2.05, 4.69) is 65.4 Å². The lowest BCUT2D eigenvalue weighted by Crippen LogP contribution is -2.52. The van der Waals surface area contributed by atoms with Gasteiger partial charge in [-0.2, -0.15) is 0 Å². The number of nitrogens with one attached hydrogen (secondary N) is 6. The molecule has 33 nitrogen and oxygen atoms in total. The molecule has 0 heterocycles. The number of alkyl carbamates (subject to hydrolysis) is 1. The van der Waals surface area contributed by atoms with Gasteiger partial charge in [-0.1, -0.05) is 228 Å². The molecule has 762 valence electrons. The van der Waals surface area contributed by atoms with Crippen LogP contribution in [0, 0.1) is 23.7 Å². The molecule has 0 aliphatic heterocycles. The molecule has 0 bridgehead atoms. The Bertz CT molecular complexity index is 4880. The number of alkyl halides is 1. The number of hydrogen-bond donors (Lipinski definition) is 12. The Kier molecular flexibility index (Phi) is 55.0. The molecule has 8 rings (SSSR count). The SMILES string of the molecule is CCl.CN=C(N)NCCC[C@H](N)C(=O)N[C@H](C(=O)C[C@@H](COC(C)(C)C)C(=O)N[C@@H](Cc1ccccc1)C(=O)OC)C(C)C.COC(=O)[C@@H](N)Cc1ccccc1.COC(=O)[C@H](Cc1ccccc1)NC(=O)[C@@H](N)COC(C)(C)C.COC(=O)[C@H](Cc1ccccc1)NC(=O)[C@H](COC(C)(C)C)CC(=O)[C@@H](N)C(C)C.O=C(N[C@@H](Cc1ccccc1)C(=O)O)OCC1c2ccccc2-c2ccccc21. The number of esters is 4. The number of hydrogen-bond acceptors (Lipinski definition) is 25. The highest BCUT2D eigenvalue weighted by Gasteiger charge is 2.37. The van der Waals surface area contributed by atoms with Crippen molar-refractivity contribution in [3.8, 4) is 11.1 Å². The molecule has 0 saturated carbocycles. The number of halogens is 1. The highest BCUT2D eigenvalue weighted by molar-refractivity contribution is 6.15. The number of nitrogens with zero attached hydrogens (tertiary/aromatic N) is 1. The molecule has 11 atom stereocenters. The number of carboxylic acids is 1. The summed E-state index contributed by atoms with van der Waals surface area (Å²) < 4.78 is 41.6. The highest BCUT2D eigenvalue weighted by atomic mass is 35.5. The summed E-state index contributed by atoms with van der Waals surface area (Å²) in [6.07, 6.45) is 2.98. The zero-order valence-electron chi connectivity index (χ0n) is 83.9. The normalized spacial score (nSPS) is 13.9. The summed E-state index contributed by atoms with van der Waals surface area (Å²) in [7, 11) is 6.72. The molecule has 17 N–H and O–H groups in total. The van der Waals surface area contributed by atoms with Crippen LogP contribution in [0.4, 0.5) is 4.79 Å². The minimum Gasteiger partial charge on any atom is -0.480 e. The molecule has 0 fully saturated rings. The summed E-state index contributed by atoms with van der Waals surface area (Å²) in [5.74, 6) is -7.27. The molecule has 0 saturated heterocycles. The highest BCUT2D eigenvalue weighted by Crippen LogP contribution is 2.44. The number of aliphatic carboxylic acids is 1. The van der Waals surface area contributed by atoms with Gasteiger partial charge in [-0.05, 0) is 143 Å². The van der Waals surface area contributed by atoms with Crippen molar-refractivity contribution in [1.29, 1.82) is 0 Å². The number of ketones is 2. The summed E-state index contributed by atoms with van der Waals surface area (Å²) in [5, 5.41) is 25.7. The number of fused-ring (bicyclic) bond motifs is 3. The number of benzene rings is 7. The maximum atomic E-state index is 13.5. The third-order valence-electron chi connectivity index (χ3n) is 21.4. The second kappa shape index (κ2) is 63.3. The summed E-state index contributed by atoms with van der Waals surface area (Å²) in [5.41, 5.74) is 36.6. The summed E-state index contributed by atoms with van der Waals surface area (Å²) in [4.78, 5) is 153. The van der Waals surface area contributed by atoms with E-state index in [9.17, 15) is 62.6 Å². The van der Waals surface area contributed by atoms with Gasteiger partial charge in [0, 0.05) is 64.4 Å². The number of aliphatic imine (C=N–C) groups is 1. The minimum atomic E-state index is -1.10. The Morgan fingerprint density at radius 1 is 0.403 bits per heavy atom. The summed E-state index contributed by atoms with van der Waals surface area (Å²) >= 11 is 4.64. The minimum absolute atomic E-state index is 0.0364. The third kappa shape index (κ3) is 47.3. The number of carboxylic acid groups (broad SMARTS) is 1. The first-order valence-electron chi connectivity index (χ1n) is 46.1. The van der Waals surface area contributed by atoms with Crippen LogP contribution in [0.5, 0.6) is 0 Å². The van der Waals surface area contributed by atoms with E-state index >= 15 is 0 Å². The van der Waals surface area contributed by atoms with Gasteiger partial charge in [-0.15, -0.1) is 11.6 Å². The van der Waals surface area contributed by atoms with Crippen molar-refractivity contribution >= 4 is 88.7 Å². The fourth-order valence-electron chi connectivity index (χ4n) is 13.7. The van der Waals surface area contributed by atoms with Crippen LogP contribution < -0.4 is 60.6 Å². The van der Waals surface area contributed by atoms with Gasteiger partial charge < -0.3 is 104 Å². The second-order valence-corrected chi connectivity index (χ2v) is 36.6. The molecule has 0 aromatic heterocycles. The number of carbonyl (C=O) groups excluding carboxylic acids is 11. The van der Waals surface area contributed by atoms with Gasteiger partial charge >= 0.3 is 35.9 Å². The molecule has 34 heteroatoms. The monoisotopic (exact) mass is 1950 g/mol. The number of Topliss-reactive ketones (excluding diaryl/α,β-unsaturated/α-hetero) is 2. The Morgan fingerprint density at radius 2 is 0.734 bits per heavy atom. The van der Waals surface area contributed by atoms with Crippen molar-refractivity contribution in [2.45, 2.75) is 225 Å². The zero-order valence-corrected chi connectivity index (χ0v) is 84.6. The molecule has 139 heavy (non-hydrogen) atoms. The van der Waals surface area contributed by atoms with E-state index in [-0.39, 0.29) is 99.4 Å². The van der Waals surface area contributed by atoms with Crippen molar-refractivity contribution in [2.24, 2.45) is 57.3 Å². The zero-order chi connectivity index (χ0) is 104. The van der Waals surface area contributed by atoms with E-state index in [0.717, 1.165) is 50.1 Å². The lowest BCUT2D eigenvalue weighted by atomic mass is 9.91. The molecule has 0 radical (unpaired) electrons.